The van der Waals surface area contributed by atoms with Gasteiger partial charge in [-0.05, 0) is 60.5 Å². The number of ether oxygens (including phenoxy) is 1. The van der Waals surface area contributed by atoms with Gasteiger partial charge in [0.05, 0.1) is 10.0 Å². The predicted molar refractivity (Wildman–Crippen MR) is 100 cm³/mol. The highest BCUT2D eigenvalue weighted by atomic mass is 79.9. The number of hydrogen-bond acceptors (Lipinski definition) is 4. The van der Waals surface area contributed by atoms with E-state index in [1.807, 2.05) is 6.92 Å². The number of nitrogens with one attached hydrogen (secondary N) is 1. The first kappa shape index (κ1) is 18.8. The Balaban J connectivity index is 2.15. The van der Waals surface area contributed by atoms with Crippen LogP contribution in [0.5, 0.6) is 5.75 Å². The molecule has 0 saturated heterocycles. The largest absolute Gasteiger partial charge is 0.480 e. The van der Waals surface area contributed by atoms with Crippen molar-refractivity contribution >= 4 is 55.7 Å². The van der Waals surface area contributed by atoms with Gasteiger partial charge in [0, 0.05) is 9.90 Å². The van der Waals surface area contributed by atoms with Gasteiger partial charge in [0.15, 0.2) is 6.10 Å². The molecule has 0 radical (unpaired) electrons. The number of nitrogens with two attached hydrogens (primary N) is 1. The van der Waals surface area contributed by atoms with E-state index in [1.54, 1.807) is 32.0 Å². The molecule has 1 heterocycles. The molecule has 0 saturated carbocycles. The summed E-state index contributed by atoms with van der Waals surface area (Å²) in [5, 5.41) is 3.71. The van der Waals surface area contributed by atoms with Gasteiger partial charge >= 0.3 is 0 Å². The molecule has 0 aliphatic heterocycles. The van der Waals surface area contributed by atoms with Crippen LogP contribution in [0.3, 0.4) is 0 Å². The molecule has 1 aromatic heterocycles. The van der Waals surface area contributed by atoms with Crippen molar-refractivity contribution in [2.75, 3.05) is 5.32 Å². The van der Waals surface area contributed by atoms with Crippen LogP contribution in [0, 0.1) is 13.8 Å². The molecule has 1 atom stereocenters. The average Bonchev–Trinajstić information content (AvgIpc) is 2.76. The van der Waals surface area contributed by atoms with E-state index in [1.165, 1.54) is 11.3 Å². The van der Waals surface area contributed by atoms with Crippen LogP contribution >= 0.6 is 38.9 Å². The minimum Gasteiger partial charge on any atom is -0.480 e. The van der Waals surface area contributed by atoms with Crippen molar-refractivity contribution in [3.63, 3.8) is 0 Å². The lowest BCUT2D eigenvalue weighted by Gasteiger charge is -2.15. The maximum atomic E-state index is 12.4. The summed E-state index contributed by atoms with van der Waals surface area (Å²) in [4.78, 5) is 24.9. The molecule has 5 nitrogen and oxygen atoms in total. The van der Waals surface area contributed by atoms with Crippen molar-refractivity contribution < 1.29 is 14.3 Å². The first-order valence-electron chi connectivity index (χ1n) is 7.03. The van der Waals surface area contributed by atoms with Crippen LogP contribution in [-0.2, 0) is 4.79 Å². The number of anilines is 1. The van der Waals surface area contributed by atoms with E-state index < -0.39 is 12.0 Å². The van der Waals surface area contributed by atoms with E-state index in [-0.39, 0.29) is 5.91 Å². The molecule has 0 fully saturated rings. The second-order valence-electron chi connectivity index (χ2n) is 5.18. The molecular weight excluding hydrogens is 416 g/mol. The predicted octanol–water partition coefficient (Wildman–Crippen LogP) is 4.29. The summed E-state index contributed by atoms with van der Waals surface area (Å²) in [6.07, 6.45) is -0.772. The number of carbonyl (C=O) groups is 2. The summed E-state index contributed by atoms with van der Waals surface area (Å²) in [6, 6.07) is 5.02. The van der Waals surface area contributed by atoms with Crippen LogP contribution in [0.15, 0.2) is 22.7 Å². The summed E-state index contributed by atoms with van der Waals surface area (Å²) in [6.45, 7) is 5.28. The lowest BCUT2D eigenvalue weighted by molar-refractivity contribution is -0.122. The highest BCUT2D eigenvalue weighted by molar-refractivity contribution is 9.10. The van der Waals surface area contributed by atoms with Crippen LogP contribution < -0.4 is 15.8 Å². The zero-order chi connectivity index (χ0) is 18.0. The topological polar surface area (TPSA) is 81.4 Å². The fraction of sp³-hybridized carbons (Fsp3) is 0.250. The van der Waals surface area contributed by atoms with Crippen molar-refractivity contribution in [1.29, 1.82) is 0 Å². The lowest BCUT2D eigenvalue weighted by Crippen LogP contribution is -2.30. The van der Waals surface area contributed by atoms with Gasteiger partial charge in [0.1, 0.15) is 10.8 Å². The highest BCUT2D eigenvalue weighted by Gasteiger charge is 2.22. The fourth-order valence-electron chi connectivity index (χ4n) is 2.04. The van der Waals surface area contributed by atoms with Gasteiger partial charge in [-0.15, -0.1) is 11.3 Å². The number of hydrogen-bond donors (Lipinski definition) is 2. The number of carbonyl (C=O) groups excluding carboxylic acids is 2. The molecule has 0 aliphatic rings. The Morgan fingerprint density at radius 3 is 2.62 bits per heavy atom. The fourth-order valence-corrected chi connectivity index (χ4v) is 3.88. The van der Waals surface area contributed by atoms with Gasteiger partial charge < -0.3 is 15.8 Å². The average molecular weight is 432 g/mol. The number of amides is 2. The van der Waals surface area contributed by atoms with Gasteiger partial charge in [-0.3, -0.25) is 9.59 Å². The molecule has 3 N–H and O–H groups in total. The van der Waals surface area contributed by atoms with E-state index >= 15 is 0 Å². The molecular formula is C16H16BrClN2O3S. The molecule has 24 heavy (non-hydrogen) atoms. The van der Waals surface area contributed by atoms with Crippen molar-refractivity contribution in [1.82, 2.24) is 0 Å². The summed E-state index contributed by atoms with van der Waals surface area (Å²) >= 11 is 10.5. The minimum absolute atomic E-state index is 0.339. The van der Waals surface area contributed by atoms with Crippen molar-refractivity contribution in [3.05, 3.63) is 43.7 Å². The number of benzene rings is 1. The molecule has 1 aromatic carbocycles. The molecule has 8 heteroatoms. The molecule has 128 valence electrons. The molecule has 2 aromatic rings. The monoisotopic (exact) mass is 430 g/mol. The van der Waals surface area contributed by atoms with E-state index in [9.17, 15) is 9.59 Å². The van der Waals surface area contributed by atoms with Crippen LogP contribution in [0.1, 0.15) is 27.7 Å². The second kappa shape index (κ2) is 7.55. The summed E-state index contributed by atoms with van der Waals surface area (Å²) in [5.41, 5.74) is 6.52. The molecule has 0 spiro atoms. The normalized spacial score (nSPS) is 11.9. The quantitative estimate of drug-likeness (QED) is 0.741. The Hall–Kier alpha value is -1.57. The summed E-state index contributed by atoms with van der Waals surface area (Å²) in [7, 11) is 0. The standard InChI is InChI=1S/C16H16BrClN2O3S/c1-7-9(3)24-16(13(7)14(19)21)20-15(22)8(2)23-12-5-4-10(18)6-11(12)17/h4-6,8H,1-3H3,(H2,19,21)(H,20,22). The molecule has 2 amide bonds. The van der Waals surface area contributed by atoms with E-state index in [0.29, 0.717) is 25.8 Å². The molecule has 2 rings (SSSR count). The van der Waals surface area contributed by atoms with E-state index in [0.717, 1.165) is 10.4 Å². The van der Waals surface area contributed by atoms with Gasteiger partial charge in [0.2, 0.25) is 0 Å². The zero-order valence-corrected chi connectivity index (χ0v) is 16.4. The zero-order valence-electron chi connectivity index (χ0n) is 13.3. The van der Waals surface area contributed by atoms with Crippen LogP contribution in [0.2, 0.25) is 5.02 Å². The van der Waals surface area contributed by atoms with Crippen molar-refractivity contribution in [2.24, 2.45) is 5.73 Å². The van der Waals surface area contributed by atoms with Crippen LogP contribution in [-0.4, -0.2) is 17.9 Å². The first-order valence-corrected chi connectivity index (χ1v) is 9.01. The highest BCUT2D eigenvalue weighted by Crippen LogP contribution is 2.33. The Bertz CT molecular complexity index is 807. The third-order valence-corrected chi connectivity index (χ3v) is 5.41. The summed E-state index contributed by atoms with van der Waals surface area (Å²) in [5.74, 6) is -0.447. The molecule has 0 bridgehead atoms. The maximum Gasteiger partial charge on any atom is 0.265 e. The van der Waals surface area contributed by atoms with Crippen LogP contribution in [0.25, 0.3) is 0 Å². The van der Waals surface area contributed by atoms with Gasteiger partial charge in [0.25, 0.3) is 11.8 Å². The SMILES string of the molecule is Cc1sc(NC(=O)C(C)Oc2ccc(Cl)cc2Br)c(C(N)=O)c1C. The van der Waals surface area contributed by atoms with Gasteiger partial charge in [-0.25, -0.2) is 0 Å². The van der Waals surface area contributed by atoms with Crippen molar-refractivity contribution in [3.8, 4) is 5.75 Å². The Labute approximate surface area is 157 Å². The van der Waals surface area contributed by atoms with Gasteiger partial charge in [-0.2, -0.15) is 0 Å². The Morgan fingerprint density at radius 1 is 1.38 bits per heavy atom. The third kappa shape index (κ3) is 4.09. The maximum absolute atomic E-state index is 12.4. The molecule has 1 unspecified atom stereocenters. The van der Waals surface area contributed by atoms with Crippen LogP contribution in [0.4, 0.5) is 5.00 Å². The number of halogens is 2. The lowest BCUT2D eigenvalue weighted by atomic mass is 10.1. The van der Waals surface area contributed by atoms with E-state index in [2.05, 4.69) is 21.2 Å². The number of rotatable bonds is 5. The smallest absolute Gasteiger partial charge is 0.265 e. The number of primary amides is 1. The number of thiophene rings is 1. The van der Waals surface area contributed by atoms with Gasteiger partial charge in [-0.1, -0.05) is 11.6 Å². The second-order valence-corrected chi connectivity index (χ2v) is 7.69. The Kier molecular flexibility index (Phi) is 5.90. The molecule has 0 aliphatic carbocycles. The van der Waals surface area contributed by atoms with E-state index in [4.69, 9.17) is 22.1 Å². The van der Waals surface area contributed by atoms with Crippen molar-refractivity contribution in [2.45, 2.75) is 26.9 Å². The minimum atomic E-state index is -0.772. The number of aryl methyl sites for hydroxylation is 1. The Morgan fingerprint density at radius 2 is 2.04 bits per heavy atom. The first-order chi connectivity index (χ1) is 11.2. The third-order valence-electron chi connectivity index (χ3n) is 3.44. The summed E-state index contributed by atoms with van der Waals surface area (Å²) < 4.78 is 6.29.